The maximum Gasteiger partial charge on any atom is 0.279 e. The second-order valence-electron chi connectivity index (χ2n) is 5.23. The van der Waals surface area contributed by atoms with Gasteiger partial charge in [0.1, 0.15) is 5.75 Å². The maximum atomic E-state index is 11.9. The van der Waals surface area contributed by atoms with Gasteiger partial charge in [-0.25, -0.2) is 0 Å². The molecule has 0 radical (unpaired) electrons. The molecule has 0 aliphatic rings. The summed E-state index contributed by atoms with van der Waals surface area (Å²) in [7, 11) is 0. The summed E-state index contributed by atoms with van der Waals surface area (Å²) in [5.41, 5.74) is 6.45. The van der Waals surface area contributed by atoms with Crippen molar-refractivity contribution in [3.63, 3.8) is 0 Å². The quantitative estimate of drug-likeness (QED) is 0.643. The number of ether oxygens (including phenoxy) is 1. The highest BCUT2D eigenvalue weighted by molar-refractivity contribution is 7.15. The Balaban J connectivity index is 1.84. The van der Waals surface area contributed by atoms with E-state index in [9.17, 15) is 14.4 Å². The Morgan fingerprint density at radius 2 is 1.62 bits per heavy atom. The van der Waals surface area contributed by atoms with Gasteiger partial charge in [0.2, 0.25) is 0 Å². The zero-order valence-electron chi connectivity index (χ0n) is 13.6. The molecule has 0 spiro atoms. The van der Waals surface area contributed by atoms with E-state index in [-0.39, 0.29) is 12.4 Å². The number of para-hydroxylation sites is 1. The van der Waals surface area contributed by atoms with Crippen molar-refractivity contribution < 1.29 is 19.1 Å². The number of ketones is 1. The zero-order chi connectivity index (χ0) is 17.7. The predicted octanol–water partition coefficient (Wildman–Crippen LogP) is 2.41. The molecule has 24 heavy (non-hydrogen) atoms. The molecule has 126 valence electrons. The maximum absolute atomic E-state index is 11.9. The summed E-state index contributed by atoms with van der Waals surface area (Å²) >= 11 is 1.07. The van der Waals surface area contributed by atoms with Crippen LogP contribution in [-0.2, 0) is 4.79 Å². The minimum Gasteiger partial charge on any atom is -0.483 e. The van der Waals surface area contributed by atoms with Gasteiger partial charge in [0.05, 0.1) is 9.75 Å². The molecule has 0 aliphatic carbocycles. The summed E-state index contributed by atoms with van der Waals surface area (Å²) in [5.74, 6) is -0.407. The molecule has 0 fully saturated rings. The highest BCUT2D eigenvalue weighted by Crippen LogP contribution is 2.22. The van der Waals surface area contributed by atoms with Crippen molar-refractivity contribution in [1.82, 2.24) is 10.9 Å². The molecule has 2 N–H and O–H groups in total. The van der Waals surface area contributed by atoms with E-state index >= 15 is 0 Å². The first kappa shape index (κ1) is 17.7. The van der Waals surface area contributed by atoms with Gasteiger partial charge in [-0.3, -0.25) is 25.2 Å². The number of thiophene rings is 1. The first-order valence-corrected chi connectivity index (χ1v) is 8.09. The van der Waals surface area contributed by atoms with Crippen LogP contribution in [-0.4, -0.2) is 24.2 Å². The number of hydrazine groups is 1. The molecule has 1 heterocycles. The van der Waals surface area contributed by atoms with Crippen molar-refractivity contribution in [3.05, 3.63) is 51.2 Å². The van der Waals surface area contributed by atoms with Crippen molar-refractivity contribution >= 4 is 28.9 Å². The molecule has 1 aromatic heterocycles. The molecule has 0 bridgehead atoms. The minimum absolute atomic E-state index is 0.106. The first-order valence-electron chi connectivity index (χ1n) is 7.27. The lowest BCUT2D eigenvalue weighted by molar-refractivity contribution is -0.123. The van der Waals surface area contributed by atoms with Gasteiger partial charge in [-0.1, -0.05) is 18.2 Å². The van der Waals surface area contributed by atoms with E-state index in [1.54, 1.807) is 6.07 Å². The van der Waals surface area contributed by atoms with Crippen LogP contribution in [0.1, 0.15) is 37.4 Å². The number of rotatable bonds is 5. The molecule has 0 unspecified atom stereocenters. The predicted molar refractivity (Wildman–Crippen MR) is 91.3 cm³/mol. The number of amides is 2. The number of aryl methyl sites for hydroxylation is 2. The highest BCUT2D eigenvalue weighted by Gasteiger charge is 2.13. The van der Waals surface area contributed by atoms with Crippen molar-refractivity contribution in [2.75, 3.05) is 6.61 Å². The summed E-state index contributed by atoms with van der Waals surface area (Å²) in [4.78, 5) is 35.7. The van der Waals surface area contributed by atoms with E-state index in [0.717, 1.165) is 22.5 Å². The summed E-state index contributed by atoms with van der Waals surface area (Å²) < 4.78 is 5.50. The molecule has 6 nitrogen and oxygen atoms in total. The van der Waals surface area contributed by atoms with Crippen molar-refractivity contribution in [1.29, 1.82) is 0 Å². The monoisotopic (exact) mass is 346 g/mol. The second-order valence-corrected chi connectivity index (χ2v) is 6.32. The van der Waals surface area contributed by atoms with Gasteiger partial charge < -0.3 is 4.74 Å². The van der Waals surface area contributed by atoms with Crippen LogP contribution in [0, 0.1) is 13.8 Å². The number of nitrogens with one attached hydrogen (secondary N) is 2. The third-order valence-corrected chi connectivity index (χ3v) is 4.43. The smallest absolute Gasteiger partial charge is 0.279 e. The molecular weight excluding hydrogens is 328 g/mol. The fourth-order valence-corrected chi connectivity index (χ4v) is 2.83. The van der Waals surface area contributed by atoms with Crippen LogP contribution in [0.3, 0.4) is 0 Å². The second kappa shape index (κ2) is 7.74. The minimum atomic E-state index is -0.479. The SMILES string of the molecule is CC(=O)c1ccc(C(=O)NNC(=O)COc2c(C)cccc2C)s1. The van der Waals surface area contributed by atoms with E-state index in [1.807, 2.05) is 32.0 Å². The summed E-state index contributed by atoms with van der Waals surface area (Å²) in [6.07, 6.45) is 0. The fourth-order valence-electron chi connectivity index (χ4n) is 2.04. The Labute approximate surface area is 143 Å². The van der Waals surface area contributed by atoms with E-state index in [2.05, 4.69) is 10.9 Å². The first-order chi connectivity index (χ1) is 11.4. The van der Waals surface area contributed by atoms with Crippen molar-refractivity contribution in [2.24, 2.45) is 0 Å². The van der Waals surface area contributed by atoms with Gasteiger partial charge in [-0.2, -0.15) is 0 Å². The molecule has 1 aromatic carbocycles. The van der Waals surface area contributed by atoms with Crippen LogP contribution >= 0.6 is 11.3 Å². The average molecular weight is 346 g/mol. The number of benzene rings is 1. The van der Waals surface area contributed by atoms with Gasteiger partial charge in [0, 0.05) is 0 Å². The molecule has 0 saturated heterocycles. The Morgan fingerprint density at radius 1 is 1.00 bits per heavy atom. The lowest BCUT2D eigenvalue weighted by atomic mass is 10.1. The Kier molecular flexibility index (Phi) is 5.70. The Bertz CT molecular complexity index is 762. The Hall–Kier alpha value is -2.67. The number of hydrogen-bond donors (Lipinski definition) is 2. The molecule has 2 rings (SSSR count). The van der Waals surface area contributed by atoms with Crippen LogP contribution in [0.2, 0.25) is 0 Å². The van der Waals surface area contributed by atoms with E-state index in [1.165, 1.54) is 13.0 Å². The summed E-state index contributed by atoms with van der Waals surface area (Å²) in [6.45, 7) is 5.01. The van der Waals surface area contributed by atoms with Gasteiger partial charge in [0.15, 0.2) is 12.4 Å². The van der Waals surface area contributed by atoms with Crippen LogP contribution in [0.4, 0.5) is 0 Å². The molecule has 0 saturated carbocycles. The average Bonchev–Trinajstić information content (AvgIpc) is 3.02. The lowest BCUT2D eigenvalue weighted by Gasteiger charge is -2.12. The van der Waals surface area contributed by atoms with Crippen LogP contribution in [0.25, 0.3) is 0 Å². The molecule has 0 atom stereocenters. The molecule has 2 amide bonds. The molecule has 7 heteroatoms. The van der Waals surface area contributed by atoms with Gasteiger partial charge in [-0.15, -0.1) is 11.3 Å². The third kappa shape index (κ3) is 4.42. The summed E-state index contributed by atoms with van der Waals surface area (Å²) in [6, 6.07) is 8.81. The number of hydrogen-bond acceptors (Lipinski definition) is 5. The zero-order valence-corrected chi connectivity index (χ0v) is 14.5. The van der Waals surface area contributed by atoms with E-state index in [0.29, 0.717) is 15.5 Å². The molecule has 0 aliphatic heterocycles. The van der Waals surface area contributed by atoms with Crippen molar-refractivity contribution in [3.8, 4) is 5.75 Å². The van der Waals surface area contributed by atoms with Crippen LogP contribution < -0.4 is 15.6 Å². The molecular formula is C17H18N2O4S. The Morgan fingerprint density at radius 3 is 2.21 bits per heavy atom. The van der Waals surface area contributed by atoms with E-state index < -0.39 is 11.8 Å². The third-order valence-electron chi connectivity index (χ3n) is 3.25. The van der Waals surface area contributed by atoms with Gasteiger partial charge >= 0.3 is 0 Å². The normalized spacial score (nSPS) is 10.1. The van der Waals surface area contributed by atoms with Crippen LogP contribution in [0.15, 0.2) is 30.3 Å². The van der Waals surface area contributed by atoms with Crippen LogP contribution in [0.5, 0.6) is 5.75 Å². The highest BCUT2D eigenvalue weighted by atomic mass is 32.1. The topological polar surface area (TPSA) is 84.5 Å². The number of Topliss-reactive ketones (excluding diaryl/α,β-unsaturated/α-hetero) is 1. The molecule has 2 aromatic rings. The standard InChI is InChI=1S/C17H18N2O4S/c1-10-5-4-6-11(2)16(10)23-9-15(21)18-19-17(22)14-8-7-13(24-14)12(3)20/h4-8H,9H2,1-3H3,(H,18,21)(H,19,22). The largest absolute Gasteiger partial charge is 0.483 e. The fraction of sp³-hybridized carbons (Fsp3) is 0.235. The summed E-state index contributed by atoms with van der Waals surface area (Å²) in [5, 5.41) is 0. The van der Waals surface area contributed by atoms with E-state index in [4.69, 9.17) is 4.74 Å². The number of carbonyl (C=O) groups excluding carboxylic acids is 3. The number of carbonyl (C=O) groups is 3. The van der Waals surface area contributed by atoms with Gasteiger partial charge in [0.25, 0.3) is 11.8 Å². The van der Waals surface area contributed by atoms with Crippen molar-refractivity contribution in [2.45, 2.75) is 20.8 Å². The van der Waals surface area contributed by atoms with Gasteiger partial charge in [-0.05, 0) is 44.0 Å². The lowest BCUT2D eigenvalue weighted by Crippen LogP contribution is -2.43.